The van der Waals surface area contributed by atoms with E-state index < -0.39 is 29.7 Å². The van der Waals surface area contributed by atoms with Crippen LogP contribution in [0.15, 0.2) is 91.1 Å². The summed E-state index contributed by atoms with van der Waals surface area (Å²) in [5.74, 6) is -0.629. The quantitative estimate of drug-likeness (QED) is 0.124. The molecule has 63 heavy (non-hydrogen) atoms. The van der Waals surface area contributed by atoms with Crippen molar-refractivity contribution >= 4 is 29.1 Å². The number of anilines is 2. The summed E-state index contributed by atoms with van der Waals surface area (Å²) in [5, 5.41) is 24.4. The minimum atomic E-state index is -4.58. The van der Waals surface area contributed by atoms with Crippen LogP contribution in [0.5, 0.6) is 5.75 Å². The molecule has 4 aromatic rings. The molecular formula is C48H56F3N7O5. The number of aromatic nitrogens is 2. The molecule has 4 fully saturated rings. The third-order valence-corrected chi connectivity index (χ3v) is 13.8. The first kappa shape index (κ1) is 44.1. The Morgan fingerprint density at radius 1 is 0.841 bits per heavy atom. The van der Waals surface area contributed by atoms with E-state index in [0.717, 1.165) is 61.4 Å². The maximum atomic E-state index is 14.2. The van der Waals surface area contributed by atoms with Gasteiger partial charge in [0.2, 0.25) is 11.8 Å². The first-order valence-corrected chi connectivity index (χ1v) is 22.2. The predicted octanol–water partition coefficient (Wildman–Crippen LogP) is 6.74. The van der Waals surface area contributed by atoms with E-state index >= 15 is 0 Å². The van der Waals surface area contributed by atoms with E-state index in [1.165, 1.54) is 0 Å². The number of hydrogen-bond donors (Lipinski definition) is 3. The summed E-state index contributed by atoms with van der Waals surface area (Å²) in [6, 6.07) is 26.9. The molecule has 3 amide bonds. The highest BCUT2D eigenvalue weighted by Gasteiger charge is 2.47. The molecule has 0 saturated carbocycles. The number of para-hydroxylation sites is 1. The van der Waals surface area contributed by atoms with Gasteiger partial charge in [-0.3, -0.25) is 19.7 Å². The highest BCUT2D eigenvalue weighted by molar-refractivity contribution is 6.01. The van der Waals surface area contributed by atoms with E-state index in [1.54, 1.807) is 24.4 Å². The summed E-state index contributed by atoms with van der Waals surface area (Å²) in [6.07, 6.45) is 2.68. The van der Waals surface area contributed by atoms with Crippen molar-refractivity contribution in [3.05, 3.63) is 102 Å². The van der Waals surface area contributed by atoms with Gasteiger partial charge in [0.15, 0.2) is 0 Å². The van der Waals surface area contributed by atoms with E-state index in [1.807, 2.05) is 54.6 Å². The average Bonchev–Trinajstić information content (AvgIpc) is 3.30. The number of halogens is 3. The molecule has 15 heteroatoms. The Labute approximate surface area is 366 Å². The van der Waals surface area contributed by atoms with Gasteiger partial charge in [0.25, 0.3) is 5.91 Å². The number of ether oxygens (including phenoxy) is 1. The van der Waals surface area contributed by atoms with Crippen LogP contribution in [0.3, 0.4) is 0 Å². The molecule has 12 nitrogen and oxygen atoms in total. The highest BCUT2D eigenvalue weighted by atomic mass is 19.4. The molecule has 0 aliphatic carbocycles. The zero-order valence-corrected chi connectivity index (χ0v) is 35.5. The zero-order chi connectivity index (χ0) is 44.0. The maximum absolute atomic E-state index is 14.2. The van der Waals surface area contributed by atoms with E-state index in [-0.39, 0.29) is 42.9 Å². The van der Waals surface area contributed by atoms with Crippen molar-refractivity contribution in [1.29, 1.82) is 0 Å². The van der Waals surface area contributed by atoms with Gasteiger partial charge >= 0.3 is 6.18 Å². The number of hydrogen-bond acceptors (Lipinski definition) is 10. The number of amides is 3. The standard InChI is InChI=1S/C48H56F3N7O5/c49-48(50,51)33-63-47(21-26-56(27-22-47)23-16-34-17-24-57(25-18-34)37-12-10-35(11-13-37)39-14-15-43(60)54-44(39)61)45(62)52-32-46(36-6-2-1-3-7-36)19-28-58(29-20-46)38-30-41(55-53-31-38)40-8-4-5-9-42(40)59/h1-13,30-31,34,39,59H,14-29,32-33H2,(H,52,62)(H,54,60,61)/t39-/m1/s1. The summed E-state index contributed by atoms with van der Waals surface area (Å²) >= 11 is 0. The minimum absolute atomic E-state index is 0.118. The van der Waals surface area contributed by atoms with Crippen molar-refractivity contribution in [3.8, 4) is 17.0 Å². The Hall–Kier alpha value is -5.54. The van der Waals surface area contributed by atoms with E-state index in [9.17, 15) is 32.7 Å². The third-order valence-electron chi connectivity index (χ3n) is 13.8. The molecule has 334 valence electrons. The molecule has 0 bridgehead atoms. The normalized spacial score (nSPS) is 20.9. The summed E-state index contributed by atoms with van der Waals surface area (Å²) in [4.78, 5) is 44.9. The van der Waals surface area contributed by atoms with Crippen LogP contribution in [-0.2, 0) is 24.5 Å². The second-order valence-corrected chi connectivity index (χ2v) is 17.7. The van der Waals surface area contributed by atoms with Crippen LogP contribution in [0.25, 0.3) is 11.3 Å². The third kappa shape index (κ3) is 10.5. The Bertz CT molecular complexity index is 2200. The number of imide groups is 1. The number of alkyl halides is 3. The maximum Gasteiger partial charge on any atom is 0.411 e. The number of phenols is 1. The Morgan fingerprint density at radius 2 is 1.52 bits per heavy atom. The summed E-state index contributed by atoms with van der Waals surface area (Å²) in [5.41, 5.74) is 3.03. The molecule has 3 N–H and O–H groups in total. The van der Waals surface area contributed by atoms with Crippen molar-refractivity contribution in [2.75, 3.05) is 68.8 Å². The number of rotatable bonds is 13. The van der Waals surface area contributed by atoms with Gasteiger partial charge in [-0.1, -0.05) is 54.6 Å². The predicted molar refractivity (Wildman–Crippen MR) is 233 cm³/mol. The van der Waals surface area contributed by atoms with E-state index in [0.29, 0.717) is 69.0 Å². The van der Waals surface area contributed by atoms with Gasteiger partial charge < -0.3 is 29.9 Å². The number of phenolic OH excluding ortho intramolecular Hbond substituents is 1. The molecule has 8 rings (SSSR count). The van der Waals surface area contributed by atoms with E-state index in [4.69, 9.17) is 4.74 Å². The Balaban J connectivity index is 0.853. The van der Waals surface area contributed by atoms with Gasteiger partial charge in [0, 0.05) is 68.9 Å². The summed E-state index contributed by atoms with van der Waals surface area (Å²) in [7, 11) is 0. The van der Waals surface area contributed by atoms with Crippen molar-refractivity contribution < 1.29 is 37.4 Å². The number of benzene rings is 3. The van der Waals surface area contributed by atoms with Crippen LogP contribution in [0.4, 0.5) is 24.5 Å². The van der Waals surface area contributed by atoms with Crippen molar-refractivity contribution in [2.45, 2.75) is 80.9 Å². The molecule has 0 spiro atoms. The van der Waals surface area contributed by atoms with Crippen molar-refractivity contribution in [2.24, 2.45) is 5.92 Å². The van der Waals surface area contributed by atoms with Gasteiger partial charge in [-0.2, -0.15) is 23.4 Å². The summed E-state index contributed by atoms with van der Waals surface area (Å²) in [6.45, 7) is 3.58. The van der Waals surface area contributed by atoms with Crippen LogP contribution in [0.1, 0.15) is 74.8 Å². The topological polar surface area (TPSA) is 140 Å². The highest BCUT2D eigenvalue weighted by Crippen LogP contribution is 2.39. The molecular weight excluding hydrogens is 812 g/mol. The molecule has 1 atom stereocenters. The number of nitrogens with one attached hydrogen (secondary N) is 2. The largest absolute Gasteiger partial charge is 0.507 e. The van der Waals surface area contributed by atoms with Crippen molar-refractivity contribution in [3.63, 3.8) is 0 Å². The Kier molecular flexibility index (Phi) is 13.3. The second-order valence-electron chi connectivity index (χ2n) is 17.7. The number of nitrogens with zero attached hydrogens (tertiary/aromatic N) is 5. The van der Waals surface area contributed by atoms with Crippen LogP contribution >= 0.6 is 0 Å². The smallest absolute Gasteiger partial charge is 0.411 e. The lowest BCUT2D eigenvalue weighted by Crippen LogP contribution is -2.58. The number of carbonyl (C=O) groups excluding carboxylic acids is 3. The SMILES string of the molecule is O=C1CC[C@H](c2ccc(N3CCC(CCN4CCC(OCC(F)(F)F)(C(=O)NCC5(c6ccccc6)CCN(c6cnnc(-c7ccccc7O)c6)CC5)CC4)CC3)cc2)C(=O)N1. The fourth-order valence-corrected chi connectivity index (χ4v) is 9.88. The second kappa shape index (κ2) is 19.1. The van der Waals surface area contributed by atoms with Crippen LogP contribution in [0, 0.1) is 5.92 Å². The van der Waals surface area contributed by atoms with E-state index in [2.05, 4.69) is 47.7 Å². The van der Waals surface area contributed by atoms with Crippen molar-refractivity contribution in [1.82, 2.24) is 25.7 Å². The number of aromatic hydroxyl groups is 1. The molecule has 5 heterocycles. The molecule has 0 unspecified atom stereocenters. The minimum Gasteiger partial charge on any atom is -0.507 e. The zero-order valence-electron chi connectivity index (χ0n) is 35.5. The average molecular weight is 868 g/mol. The fourth-order valence-electron chi connectivity index (χ4n) is 9.88. The number of piperidine rings is 4. The van der Waals surface area contributed by atoms with Crippen LogP contribution in [-0.4, -0.2) is 109 Å². The Morgan fingerprint density at radius 3 is 2.21 bits per heavy atom. The monoisotopic (exact) mass is 867 g/mol. The van der Waals surface area contributed by atoms with Gasteiger partial charge in [-0.25, -0.2) is 0 Å². The molecule has 0 radical (unpaired) electrons. The van der Waals surface area contributed by atoms with Gasteiger partial charge in [-0.05, 0) is 105 Å². The molecule has 1 aromatic heterocycles. The first-order chi connectivity index (χ1) is 30.4. The first-order valence-electron chi connectivity index (χ1n) is 22.2. The molecule has 3 aromatic carbocycles. The van der Waals surface area contributed by atoms with Crippen LogP contribution < -0.4 is 20.4 Å². The molecule has 4 aliphatic rings. The number of carbonyl (C=O) groups is 3. The fraction of sp³-hybridized carbons (Fsp3) is 0.479. The number of likely N-dealkylation sites (tertiary alicyclic amines) is 1. The lowest BCUT2D eigenvalue weighted by Gasteiger charge is -2.45. The van der Waals surface area contributed by atoms with Gasteiger partial charge in [0.1, 0.15) is 18.0 Å². The lowest BCUT2D eigenvalue weighted by atomic mass is 9.72. The lowest BCUT2D eigenvalue weighted by molar-refractivity contribution is -0.213. The van der Waals surface area contributed by atoms with Gasteiger partial charge in [0.05, 0.1) is 23.5 Å². The molecule has 4 aliphatic heterocycles. The van der Waals surface area contributed by atoms with Gasteiger partial charge in [-0.15, -0.1) is 0 Å². The molecule has 4 saturated heterocycles. The summed E-state index contributed by atoms with van der Waals surface area (Å²) < 4.78 is 46.6. The van der Waals surface area contributed by atoms with Crippen LogP contribution in [0.2, 0.25) is 0 Å².